The summed E-state index contributed by atoms with van der Waals surface area (Å²) in [6.45, 7) is 1.80. The number of aryl methyl sites for hydroxylation is 1. The quantitative estimate of drug-likeness (QED) is 0.681. The standard InChI is InChI=1S/C28H28N2O4/c1-17-7-2-3-10-20(17)30-25(33)16-34-19-9-4-8-18(15-19)26-27-21(11-5-13-23(27)31)29-22-12-6-14-24(32)28(22)26/h2-4,7-10,15,26,29H,5-6,11-14,16H2,1H3,(H,30,33). The van der Waals surface area contributed by atoms with E-state index in [0.717, 1.165) is 65.0 Å². The summed E-state index contributed by atoms with van der Waals surface area (Å²) in [5.41, 5.74) is 5.93. The molecule has 2 aromatic rings. The average Bonchev–Trinajstić information content (AvgIpc) is 2.83. The van der Waals surface area contributed by atoms with E-state index in [-0.39, 0.29) is 30.0 Å². The molecule has 1 aliphatic heterocycles. The minimum Gasteiger partial charge on any atom is -0.484 e. The van der Waals surface area contributed by atoms with Crippen LogP contribution >= 0.6 is 0 Å². The Balaban J connectivity index is 1.40. The molecule has 2 N–H and O–H groups in total. The highest BCUT2D eigenvalue weighted by Crippen LogP contribution is 2.45. The summed E-state index contributed by atoms with van der Waals surface area (Å²) in [6, 6.07) is 15.0. The van der Waals surface area contributed by atoms with Crippen molar-refractivity contribution in [2.75, 3.05) is 11.9 Å². The van der Waals surface area contributed by atoms with Crippen molar-refractivity contribution in [1.29, 1.82) is 0 Å². The highest BCUT2D eigenvalue weighted by Gasteiger charge is 2.40. The molecule has 2 aliphatic carbocycles. The van der Waals surface area contributed by atoms with Gasteiger partial charge in [0.25, 0.3) is 5.91 Å². The van der Waals surface area contributed by atoms with Gasteiger partial charge in [-0.15, -0.1) is 0 Å². The van der Waals surface area contributed by atoms with Gasteiger partial charge >= 0.3 is 0 Å². The first kappa shape index (κ1) is 22.1. The van der Waals surface area contributed by atoms with Crippen LogP contribution in [0.15, 0.2) is 71.1 Å². The van der Waals surface area contributed by atoms with E-state index in [2.05, 4.69) is 10.6 Å². The van der Waals surface area contributed by atoms with Crippen molar-refractivity contribution in [2.24, 2.45) is 0 Å². The first-order valence-corrected chi connectivity index (χ1v) is 11.9. The van der Waals surface area contributed by atoms with Gasteiger partial charge in [-0.2, -0.15) is 0 Å². The van der Waals surface area contributed by atoms with Crippen LogP contribution in [-0.4, -0.2) is 24.1 Å². The van der Waals surface area contributed by atoms with Crippen LogP contribution in [0.25, 0.3) is 0 Å². The summed E-state index contributed by atoms with van der Waals surface area (Å²) in [4.78, 5) is 38.4. The third kappa shape index (κ3) is 4.28. The fourth-order valence-corrected chi connectivity index (χ4v) is 5.15. The molecule has 0 aromatic heterocycles. The number of hydrogen-bond acceptors (Lipinski definition) is 5. The minimum absolute atomic E-state index is 0.104. The number of carbonyl (C=O) groups is 3. The largest absolute Gasteiger partial charge is 0.484 e. The topological polar surface area (TPSA) is 84.5 Å². The van der Waals surface area contributed by atoms with Crippen molar-refractivity contribution < 1.29 is 19.1 Å². The van der Waals surface area contributed by atoms with Crippen molar-refractivity contribution >= 4 is 23.2 Å². The second-order valence-corrected chi connectivity index (χ2v) is 9.12. The number of Topliss-reactive ketones (excluding diaryl/α,β-unsaturated/α-hetero) is 2. The van der Waals surface area contributed by atoms with E-state index >= 15 is 0 Å². The van der Waals surface area contributed by atoms with E-state index in [4.69, 9.17) is 4.74 Å². The molecule has 0 bridgehead atoms. The van der Waals surface area contributed by atoms with Crippen molar-refractivity contribution in [2.45, 2.75) is 51.4 Å². The van der Waals surface area contributed by atoms with Crippen LogP contribution in [0, 0.1) is 6.92 Å². The molecule has 0 saturated heterocycles. The third-order valence-electron chi connectivity index (χ3n) is 6.77. The molecule has 3 aliphatic rings. The zero-order chi connectivity index (χ0) is 23.7. The molecule has 0 spiro atoms. The molecular formula is C28H28N2O4. The Morgan fingerprint density at radius 3 is 2.29 bits per heavy atom. The first-order valence-electron chi connectivity index (χ1n) is 11.9. The van der Waals surface area contributed by atoms with Gasteiger partial charge in [0.2, 0.25) is 0 Å². The number of ether oxygens (including phenoxy) is 1. The van der Waals surface area contributed by atoms with Crippen LogP contribution in [0.1, 0.15) is 55.6 Å². The lowest BCUT2D eigenvalue weighted by molar-refractivity contribution is -0.118. The Hall–Kier alpha value is -3.67. The molecule has 5 rings (SSSR count). The van der Waals surface area contributed by atoms with Crippen LogP contribution in [0.2, 0.25) is 0 Å². The smallest absolute Gasteiger partial charge is 0.262 e. The highest BCUT2D eigenvalue weighted by molar-refractivity contribution is 6.06. The molecule has 6 heteroatoms. The maximum atomic E-state index is 13.0. The Morgan fingerprint density at radius 1 is 0.941 bits per heavy atom. The van der Waals surface area contributed by atoms with Gasteiger partial charge in [0.15, 0.2) is 18.2 Å². The fraction of sp³-hybridized carbons (Fsp3) is 0.321. The number of nitrogens with one attached hydrogen (secondary N) is 2. The second kappa shape index (κ2) is 9.29. The summed E-state index contributed by atoms with van der Waals surface area (Å²) in [5.74, 6) is 0.115. The summed E-state index contributed by atoms with van der Waals surface area (Å²) >= 11 is 0. The lowest BCUT2D eigenvalue weighted by Crippen LogP contribution is -2.36. The van der Waals surface area contributed by atoms with Crippen LogP contribution in [0.4, 0.5) is 5.69 Å². The Morgan fingerprint density at radius 2 is 1.62 bits per heavy atom. The van der Waals surface area contributed by atoms with Crippen molar-refractivity contribution in [3.8, 4) is 5.75 Å². The van der Waals surface area contributed by atoms with Crippen molar-refractivity contribution in [1.82, 2.24) is 5.32 Å². The minimum atomic E-state index is -0.379. The van der Waals surface area contributed by atoms with Crippen molar-refractivity contribution in [3.63, 3.8) is 0 Å². The number of carbonyl (C=O) groups excluding carboxylic acids is 3. The number of benzene rings is 2. The number of ketones is 2. The van der Waals surface area contributed by atoms with E-state index in [9.17, 15) is 14.4 Å². The number of allylic oxidation sites excluding steroid dienone is 4. The van der Waals surface area contributed by atoms with Gasteiger partial charge in [-0.25, -0.2) is 0 Å². The van der Waals surface area contributed by atoms with Crippen LogP contribution in [0.5, 0.6) is 5.75 Å². The second-order valence-electron chi connectivity index (χ2n) is 9.12. The number of para-hydroxylation sites is 1. The molecule has 6 nitrogen and oxygen atoms in total. The molecule has 0 atom stereocenters. The monoisotopic (exact) mass is 456 g/mol. The number of dihydropyridines is 1. The number of amides is 1. The predicted octanol–water partition coefficient (Wildman–Crippen LogP) is 4.71. The van der Waals surface area contributed by atoms with Crippen molar-refractivity contribution in [3.05, 3.63) is 82.2 Å². The summed E-state index contributed by atoms with van der Waals surface area (Å²) < 4.78 is 5.81. The van der Waals surface area contributed by atoms with E-state index in [0.29, 0.717) is 18.6 Å². The van der Waals surface area contributed by atoms with E-state index in [1.807, 2.05) is 49.4 Å². The molecule has 174 valence electrons. The first-order chi connectivity index (χ1) is 16.5. The molecule has 0 saturated carbocycles. The van der Waals surface area contributed by atoms with Crippen LogP contribution in [-0.2, 0) is 14.4 Å². The molecule has 1 heterocycles. The van der Waals surface area contributed by atoms with Gasteiger partial charge < -0.3 is 15.4 Å². The molecule has 0 fully saturated rings. The highest BCUT2D eigenvalue weighted by atomic mass is 16.5. The lowest BCUT2D eigenvalue weighted by Gasteiger charge is -2.37. The molecule has 0 radical (unpaired) electrons. The SMILES string of the molecule is Cc1ccccc1NC(=O)COc1cccc(C2C3=C(CCCC3=O)NC3=C2C(=O)CCC3)c1. The predicted molar refractivity (Wildman–Crippen MR) is 129 cm³/mol. The molecule has 2 aromatic carbocycles. The number of hydrogen-bond donors (Lipinski definition) is 2. The maximum absolute atomic E-state index is 13.0. The Labute approximate surface area is 199 Å². The number of anilines is 1. The molecular weight excluding hydrogens is 428 g/mol. The zero-order valence-corrected chi connectivity index (χ0v) is 19.3. The maximum Gasteiger partial charge on any atom is 0.262 e. The number of rotatable bonds is 5. The molecule has 34 heavy (non-hydrogen) atoms. The summed E-state index contributed by atoms with van der Waals surface area (Å²) in [5, 5.41) is 6.30. The van der Waals surface area contributed by atoms with Crippen LogP contribution in [0.3, 0.4) is 0 Å². The van der Waals surface area contributed by atoms with E-state index < -0.39 is 0 Å². The van der Waals surface area contributed by atoms with Gasteiger partial charge in [0.05, 0.1) is 0 Å². The summed E-state index contributed by atoms with van der Waals surface area (Å²) in [7, 11) is 0. The van der Waals surface area contributed by atoms with Gasteiger partial charge in [0, 0.05) is 47.0 Å². The van der Waals surface area contributed by atoms with E-state index in [1.54, 1.807) is 6.07 Å². The zero-order valence-electron chi connectivity index (χ0n) is 19.3. The van der Waals surface area contributed by atoms with Crippen LogP contribution < -0.4 is 15.4 Å². The molecule has 1 amide bonds. The van der Waals surface area contributed by atoms with Gasteiger partial charge in [-0.1, -0.05) is 30.3 Å². The lowest BCUT2D eigenvalue weighted by atomic mass is 9.71. The third-order valence-corrected chi connectivity index (χ3v) is 6.77. The average molecular weight is 457 g/mol. The Kier molecular flexibility index (Phi) is 6.05. The summed E-state index contributed by atoms with van der Waals surface area (Å²) in [6.07, 6.45) is 4.29. The fourth-order valence-electron chi connectivity index (χ4n) is 5.15. The van der Waals surface area contributed by atoms with Gasteiger partial charge in [-0.05, 0) is 61.9 Å². The van der Waals surface area contributed by atoms with E-state index in [1.165, 1.54) is 0 Å². The van der Waals surface area contributed by atoms with Gasteiger partial charge in [0.1, 0.15) is 5.75 Å². The Bertz CT molecular complexity index is 1200. The molecule has 0 unspecified atom stereocenters. The normalized spacial score (nSPS) is 18.3. The van der Waals surface area contributed by atoms with Gasteiger partial charge in [-0.3, -0.25) is 14.4 Å².